The molecule has 0 saturated heterocycles. The van der Waals surface area contributed by atoms with Crippen LogP contribution in [0, 0.1) is 5.82 Å². The molecule has 0 bridgehead atoms. The number of furan rings is 1. The molecular formula is C14H14FNO3. The third-order valence-electron chi connectivity index (χ3n) is 2.57. The molecule has 1 aromatic heterocycles. The maximum Gasteiger partial charge on any atom is 0.287 e. The first kappa shape index (κ1) is 13.3. The molecule has 0 saturated carbocycles. The Bertz CT molecular complexity index is 565. The lowest BCUT2D eigenvalue weighted by atomic mass is 10.2. The summed E-state index contributed by atoms with van der Waals surface area (Å²) in [6.07, 6.45) is 0. The third kappa shape index (κ3) is 3.42. The van der Waals surface area contributed by atoms with Crippen molar-refractivity contribution in [2.75, 3.05) is 7.11 Å². The summed E-state index contributed by atoms with van der Waals surface area (Å²) in [5.41, 5.74) is 0.430. The monoisotopic (exact) mass is 263 g/mol. The van der Waals surface area contributed by atoms with Crippen molar-refractivity contribution >= 4 is 5.91 Å². The van der Waals surface area contributed by atoms with E-state index in [1.165, 1.54) is 6.07 Å². The number of benzene rings is 1. The SMILES string of the molecule is COCc1ccc(C(=O)NCc2ccccc2F)o1. The number of amides is 1. The zero-order valence-corrected chi connectivity index (χ0v) is 10.5. The predicted octanol–water partition coefficient (Wildman–Crippen LogP) is 2.50. The van der Waals surface area contributed by atoms with E-state index in [0.29, 0.717) is 17.9 Å². The minimum atomic E-state index is -0.384. The van der Waals surface area contributed by atoms with Crippen molar-refractivity contribution in [3.63, 3.8) is 0 Å². The van der Waals surface area contributed by atoms with Gasteiger partial charge in [-0.15, -0.1) is 0 Å². The number of carbonyl (C=O) groups is 1. The number of carbonyl (C=O) groups excluding carboxylic acids is 1. The van der Waals surface area contributed by atoms with Crippen LogP contribution in [0.25, 0.3) is 0 Å². The Morgan fingerprint density at radius 1 is 1.32 bits per heavy atom. The van der Waals surface area contributed by atoms with Crippen LogP contribution < -0.4 is 5.32 Å². The Kier molecular flexibility index (Phi) is 4.30. The fourth-order valence-corrected chi connectivity index (χ4v) is 1.62. The predicted molar refractivity (Wildman–Crippen MR) is 67.0 cm³/mol. The molecule has 0 aliphatic carbocycles. The fraction of sp³-hybridized carbons (Fsp3) is 0.214. The van der Waals surface area contributed by atoms with Crippen LogP contribution in [0.15, 0.2) is 40.8 Å². The Hall–Kier alpha value is -2.14. The standard InChI is InChI=1S/C14H14FNO3/c1-18-9-11-6-7-13(19-11)14(17)16-8-10-4-2-3-5-12(10)15/h2-7H,8-9H2,1H3,(H,16,17). The van der Waals surface area contributed by atoms with Gasteiger partial charge in [0.25, 0.3) is 5.91 Å². The second-order valence-corrected chi connectivity index (χ2v) is 3.97. The Morgan fingerprint density at radius 3 is 2.84 bits per heavy atom. The van der Waals surface area contributed by atoms with Gasteiger partial charge in [-0.2, -0.15) is 0 Å². The van der Waals surface area contributed by atoms with Crippen LogP contribution in [0.4, 0.5) is 4.39 Å². The number of hydrogen-bond acceptors (Lipinski definition) is 3. The smallest absolute Gasteiger partial charge is 0.287 e. The number of methoxy groups -OCH3 is 1. The van der Waals surface area contributed by atoms with Crippen LogP contribution in [0.5, 0.6) is 0 Å². The van der Waals surface area contributed by atoms with Crippen molar-refractivity contribution in [1.29, 1.82) is 0 Å². The Morgan fingerprint density at radius 2 is 2.11 bits per heavy atom. The first-order valence-corrected chi connectivity index (χ1v) is 5.80. The molecule has 1 heterocycles. The average Bonchev–Trinajstić information content (AvgIpc) is 2.87. The zero-order chi connectivity index (χ0) is 13.7. The van der Waals surface area contributed by atoms with Gasteiger partial charge in [-0.25, -0.2) is 4.39 Å². The summed E-state index contributed by atoms with van der Waals surface area (Å²) in [5.74, 6) is 0.0230. The summed E-state index contributed by atoms with van der Waals surface area (Å²) in [5, 5.41) is 2.60. The molecular weight excluding hydrogens is 249 g/mol. The van der Waals surface area contributed by atoms with Crippen LogP contribution >= 0.6 is 0 Å². The van der Waals surface area contributed by atoms with E-state index in [1.54, 1.807) is 37.4 Å². The summed E-state index contributed by atoms with van der Waals surface area (Å²) in [6, 6.07) is 9.52. The molecule has 19 heavy (non-hydrogen) atoms. The van der Waals surface area contributed by atoms with E-state index in [-0.39, 0.29) is 24.0 Å². The second-order valence-electron chi connectivity index (χ2n) is 3.97. The Balaban J connectivity index is 1.95. The van der Waals surface area contributed by atoms with E-state index >= 15 is 0 Å². The van der Waals surface area contributed by atoms with Crippen molar-refractivity contribution in [2.45, 2.75) is 13.2 Å². The van der Waals surface area contributed by atoms with E-state index in [0.717, 1.165) is 0 Å². The van der Waals surface area contributed by atoms with Crippen LogP contribution in [0.1, 0.15) is 21.9 Å². The summed E-state index contributed by atoms with van der Waals surface area (Å²) < 4.78 is 23.5. The van der Waals surface area contributed by atoms with Gasteiger partial charge in [0, 0.05) is 19.2 Å². The van der Waals surface area contributed by atoms with Gasteiger partial charge in [0.1, 0.15) is 18.2 Å². The molecule has 5 heteroatoms. The second kappa shape index (κ2) is 6.15. The van der Waals surface area contributed by atoms with Crippen molar-refractivity contribution in [3.8, 4) is 0 Å². The van der Waals surface area contributed by atoms with E-state index in [4.69, 9.17) is 9.15 Å². The van der Waals surface area contributed by atoms with Crippen LogP contribution in [0.3, 0.4) is 0 Å². The molecule has 2 rings (SSSR count). The van der Waals surface area contributed by atoms with Gasteiger partial charge in [0.2, 0.25) is 0 Å². The molecule has 1 N–H and O–H groups in total. The number of nitrogens with one attached hydrogen (secondary N) is 1. The maximum absolute atomic E-state index is 13.4. The molecule has 1 amide bonds. The molecule has 0 aliphatic heterocycles. The van der Waals surface area contributed by atoms with Crippen LogP contribution in [-0.2, 0) is 17.9 Å². The minimum Gasteiger partial charge on any atom is -0.453 e. The molecule has 1 aromatic carbocycles. The van der Waals surface area contributed by atoms with Gasteiger partial charge in [-0.3, -0.25) is 4.79 Å². The largest absolute Gasteiger partial charge is 0.453 e. The topological polar surface area (TPSA) is 51.5 Å². The number of halogens is 1. The highest BCUT2D eigenvalue weighted by Crippen LogP contribution is 2.10. The maximum atomic E-state index is 13.4. The summed E-state index contributed by atoms with van der Waals surface area (Å²) in [6.45, 7) is 0.423. The lowest BCUT2D eigenvalue weighted by Crippen LogP contribution is -2.22. The van der Waals surface area contributed by atoms with Crippen molar-refractivity contribution < 1.29 is 18.3 Å². The summed E-state index contributed by atoms with van der Waals surface area (Å²) in [4.78, 5) is 11.8. The van der Waals surface area contributed by atoms with Crippen LogP contribution in [0.2, 0.25) is 0 Å². The summed E-state index contributed by atoms with van der Waals surface area (Å²) >= 11 is 0. The van der Waals surface area contributed by atoms with Gasteiger partial charge in [0.15, 0.2) is 5.76 Å². The Labute approximate surface area is 110 Å². The molecule has 0 aliphatic rings. The van der Waals surface area contributed by atoms with Gasteiger partial charge in [0.05, 0.1) is 0 Å². The minimum absolute atomic E-state index is 0.117. The van der Waals surface area contributed by atoms with Crippen molar-refractivity contribution in [3.05, 3.63) is 59.3 Å². The van der Waals surface area contributed by atoms with E-state index in [1.807, 2.05) is 0 Å². The summed E-state index contributed by atoms with van der Waals surface area (Å²) in [7, 11) is 1.54. The van der Waals surface area contributed by atoms with E-state index < -0.39 is 0 Å². The first-order chi connectivity index (χ1) is 9.20. The molecule has 0 atom stereocenters. The van der Waals surface area contributed by atoms with E-state index in [2.05, 4.69) is 5.32 Å². The highest BCUT2D eigenvalue weighted by Gasteiger charge is 2.11. The quantitative estimate of drug-likeness (QED) is 0.901. The fourth-order valence-electron chi connectivity index (χ4n) is 1.62. The van der Waals surface area contributed by atoms with Crippen molar-refractivity contribution in [2.24, 2.45) is 0 Å². The molecule has 0 spiro atoms. The molecule has 4 nitrogen and oxygen atoms in total. The number of rotatable bonds is 5. The highest BCUT2D eigenvalue weighted by atomic mass is 19.1. The molecule has 0 unspecified atom stereocenters. The van der Waals surface area contributed by atoms with Crippen molar-refractivity contribution in [1.82, 2.24) is 5.32 Å². The van der Waals surface area contributed by atoms with E-state index in [9.17, 15) is 9.18 Å². The van der Waals surface area contributed by atoms with Gasteiger partial charge in [-0.05, 0) is 18.2 Å². The average molecular weight is 263 g/mol. The number of hydrogen-bond donors (Lipinski definition) is 1. The lowest BCUT2D eigenvalue weighted by molar-refractivity contribution is 0.0914. The highest BCUT2D eigenvalue weighted by molar-refractivity contribution is 5.91. The zero-order valence-electron chi connectivity index (χ0n) is 10.5. The number of ether oxygens (including phenoxy) is 1. The molecule has 0 fully saturated rings. The molecule has 0 radical (unpaired) electrons. The van der Waals surface area contributed by atoms with Crippen LogP contribution in [-0.4, -0.2) is 13.0 Å². The molecule has 2 aromatic rings. The first-order valence-electron chi connectivity index (χ1n) is 5.80. The normalized spacial score (nSPS) is 10.4. The van der Waals surface area contributed by atoms with Gasteiger partial charge >= 0.3 is 0 Å². The van der Waals surface area contributed by atoms with Gasteiger partial charge in [-0.1, -0.05) is 18.2 Å². The molecule has 100 valence electrons. The lowest BCUT2D eigenvalue weighted by Gasteiger charge is -2.04. The third-order valence-corrected chi connectivity index (χ3v) is 2.57. The van der Waals surface area contributed by atoms with Gasteiger partial charge < -0.3 is 14.5 Å².